The molecule has 1 aromatic rings. The van der Waals surface area contributed by atoms with Gasteiger partial charge in [-0.15, -0.1) is 11.3 Å². The molecule has 2 N–H and O–H groups in total. The molecule has 0 unspecified atom stereocenters. The molecule has 0 aliphatic heterocycles. The standard InChI is InChI=1S/C14H22N2O3S/c1-9(2)16(10(3)4)8-7-15-13(17)11-5-6-12(20-11)14(18)19/h5-6,9-10H,7-8H2,1-4H3,(H,15,17)(H,18,19). The highest BCUT2D eigenvalue weighted by Gasteiger charge is 2.15. The second kappa shape index (κ2) is 7.40. The predicted octanol–water partition coefficient (Wildman–Crippen LogP) is 2.29. The summed E-state index contributed by atoms with van der Waals surface area (Å²) in [5.41, 5.74) is 0. The molecule has 0 radical (unpaired) electrons. The van der Waals surface area contributed by atoms with Gasteiger partial charge in [0.1, 0.15) is 4.88 Å². The molecule has 0 aliphatic carbocycles. The van der Waals surface area contributed by atoms with Crippen LogP contribution in [0.2, 0.25) is 0 Å². The molecule has 1 amide bonds. The number of nitrogens with one attached hydrogen (secondary N) is 1. The van der Waals surface area contributed by atoms with Gasteiger partial charge in [0.15, 0.2) is 0 Å². The zero-order chi connectivity index (χ0) is 15.3. The van der Waals surface area contributed by atoms with Crippen LogP contribution in [0.1, 0.15) is 47.0 Å². The summed E-state index contributed by atoms with van der Waals surface area (Å²) in [6, 6.07) is 3.85. The molecule has 1 rings (SSSR count). The van der Waals surface area contributed by atoms with Crippen molar-refractivity contribution in [3.8, 4) is 0 Å². The van der Waals surface area contributed by atoms with E-state index < -0.39 is 5.97 Å². The molecule has 0 bridgehead atoms. The Morgan fingerprint density at radius 3 is 2.20 bits per heavy atom. The first-order valence-electron chi connectivity index (χ1n) is 6.70. The van der Waals surface area contributed by atoms with Crippen molar-refractivity contribution in [1.82, 2.24) is 10.2 Å². The number of rotatable bonds is 7. The van der Waals surface area contributed by atoms with E-state index in [1.165, 1.54) is 6.07 Å². The van der Waals surface area contributed by atoms with Crippen molar-refractivity contribution in [2.24, 2.45) is 0 Å². The van der Waals surface area contributed by atoms with Crippen molar-refractivity contribution in [2.75, 3.05) is 13.1 Å². The lowest BCUT2D eigenvalue weighted by Crippen LogP contribution is -2.42. The number of nitrogens with zero attached hydrogens (tertiary/aromatic N) is 1. The number of aromatic carboxylic acids is 1. The molecule has 0 saturated heterocycles. The van der Waals surface area contributed by atoms with Gasteiger partial charge in [-0.2, -0.15) is 0 Å². The molecular formula is C14H22N2O3S. The molecule has 6 heteroatoms. The Morgan fingerprint density at radius 2 is 1.75 bits per heavy atom. The first-order chi connectivity index (χ1) is 9.32. The molecule has 20 heavy (non-hydrogen) atoms. The lowest BCUT2D eigenvalue weighted by atomic mass is 10.2. The number of hydrogen-bond acceptors (Lipinski definition) is 4. The van der Waals surface area contributed by atoms with Crippen LogP contribution in [0.15, 0.2) is 12.1 Å². The number of carbonyl (C=O) groups excluding carboxylic acids is 1. The minimum Gasteiger partial charge on any atom is -0.477 e. The third-order valence-corrected chi connectivity index (χ3v) is 4.09. The van der Waals surface area contributed by atoms with Gasteiger partial charge in [0.25, 0.3) is 5.91 Å². The monoisotopic (exact) mass is 298 g/mol. The van der Waals surface area contributed by atoms with Crippen LogP contribution in [0, 0.1) is 0 Å². The second-order valence-corrected chi connectivity index (χ2v) is 6.23. The molecule has 0 saturated carbocycles. The number of carboxylic acid groups (broad SMARTS) is 1. The quantitative estimate of drug-likeness (QED) is 0.810. The minimum absolute atomic E-state index is 0.182. The summed E-state index contributed by atoms with van der Waals surface area (Å²) in [7, 11) is 0. The third kappa shape index (κ3) is 4.61. The Bertz CT molecular complexity index is 461. The highest BCUT2D eigenvalue weighted by atomic mass is 32.1. The van der Waals surface area contributed by atoms with Crippen molar-refractivity contribution in [3.05, 3.63) is 21.9 Å². The van der Waals surface area contributed by atoms with E-state index in [0.29, 0.717) is 23.5 Å². The van der Waals surface area contributed by atoms with Gasteiger partial charge in [-0.25, -0.2) is 4.79 Å². The Hall–Kier alpha value is -1.40. The fourth-order valence-electron chi connectivity index (χ4n) is 2.07. The Morgan fingerprint density at radius 1 is 1.20 bits per heavy atom. The van der Waals surface area contributed by atoms with Gasteiger partial charge in [0.2, 0.25) is 0 Å². The molecule has 0 aromatic carbocycles. The van der Waals surface area contributed by atoms with E-state index in [4.69, 9.17) is 5.11 Å². The molecular weight excluding hydrogens is 276 g/mol. The van der Waals surface area contributed by atoms with Crippen molar-refractivity contribution >= 4 is 23.2 Å². The van der Waals surface area contributed by atoms with Gasteiger partial charge in [0, 0.05) is 25.2 Å². The molecule has 1 aromatic heterocycles. The highest BCUT2D eigenvalue weighted by molar-refractivity contribution is 7.15. The van der Waals surface area contributed by atoms with Crippen LogP contribution in [-0.4, -0.2) is 47.1 Å². The summed E-state index contributed by atoms with van der Waals surface area (Å²) < 4.78 is 0. The van der Waals surface area contributed by atoms with E-state index in [-0.39, 0.29) is 10.8 Å². The maximum absolute atomic E-state index is 11.9. The minimum atomic E-state index is -1.00. The lowest BCUT2D eigenvalue weighted by molar-refractivity contribution is 0.0702. The van der Waals surface area contributed by atoms with E-state index in [2.05, 4.69) is 37.9 Å². The Kier molecular flexibility index (Phi) is 6.16. The normalized spacial score (nSPS) is 11.3. The molecule has 0 aliphatic rings. The smallest absolute Gasteiger partial charge is 0.345 e. The maximum atomic E-state index is 11.9. The first-order valence-corrected chi connectivity index (χ1v) is 7.51. The number of carbonyl (C=O) groups is 2. The zero-order valence-electron chi connectivity index (χ0n) is 12.3. The summed E-state index contributed by atoms with van der Waals surface area (Å²) in [5, 5.41) is 11.7. The third-order valence-electron chi connectivity index (χ3n) is 3.02. The van der Waals surface area contributed by atoms with Gasteiger partial charge in [0.05, 0.1) is 4.88 Å². The van der Waals surface area contributed by atoms with Gasteiger partial charge in [-0.3, -0.25) is 9.69 Å². The van der Waals surface area contributed by atoms with Gasteiger partial charge < -0.3 is 10.4 Å². The number of carboxylic acids is 1. The van der Waals surface area contributed by atoms with E-state index in [1.54, 1.807) is 6.07 Å². The van der Waals surface area contributed by atoms with E-state index in [0.717, 1.165) is 17.9 Å². The van der Waals surface area contributed by atoms with Gasteiger partial charge in [-0.05, 0) is 39.8 Å². The first kappa shape index (κ1) is 16.7. The van der Waals surface area contributed by atoms with E-state index in [9.17, 15) is 9.59 Å². The van der Waals surface area contributed by atoms with Crippen LogP contribution in [-0.2, 0) is 0 Å². The summed E-state index contributed by atoms with van der Waals surface area (Å²) in [6.45, 7) is 9.83. The van der Waals surface area contributed by atoms with Gasteiger partial charge >= 0.3 is 5.97 Å². The van der Waals surface area contributed by atoms with Crippen molar-refractivity contribution in [3.63, 3.8) is 0 Å². The molecule has 0 spiro atoms. The molecule has 0 atom stereocenters. The number of hydrogen-bond donors (Lipinski definition) is 2. The average Bonchev–Trinajstić information content (AvgIpc) is 2.82. The fraction of sp³-hybridized carbons (Fsp3) is 0.571. The fourth-order valence-corrected chi connectivity index (χ4v) is 2.83. The molecule has 1 heterocycles. The largest absolute Gasteiger partial charge is 0.477 e. The maximum Gasteiger partial charge on any atom is 0.345 e. The average molecular weight is 298 g/mol. The topological polar surface area (TPSA) is 69.6 Å². The Balaban J connectivity index is 2.48. The van der Waals surface area contributed by atoms with E-state index >= 15 is 0 Å². The SMILES string of the molecule is CC(C)N(CCNC(=O)c1ccc(C(=O)O)s1)C(C)C. The van der Waals surface area contributed by atoms with Crippen LogP contribution >= 0.6 is 11.3 Å². The zero-order valence-corrected chi connectivity index (χ0v) is 13.2. The summed E-state index contributed by atoms with van der Waals surface area (Å²) in [5.74, 6) is -1.21. The Labute approximate surface area is 123 Å². The van der Waals surface area contributed by atoms with Crippen molar-refractivity contribution in [2.45, 2.75) is 39.8 Å². The lowest BCUT2D eigenvalue weighted by Gasteiger charge is -2.30. The second-order valence-electron chi connectivity index (χ2n) is 5.15. The number of thiophene rings is 1. The summed E-state index contributed by atoms with van der Waals surface area (Å²) in [6.07, 6.45) is 0. The van der Waals surface area contributed by atoms with Gasteiger partial charge in [-0.1, -0.05) is 0 Å². The molecule has 0 fully saturated rings. The summed E-state index contributed by atoms with van der Waals surface area (Å²) in [4.78, 5) is 25.6. The van der Waals surface area contributed by atoms with Crippen LogP contribution < -0.4 is 5.32 Å². The van der Waals surface area contributed by atoms with Crippen LogP contribution in [0.3, 0.4) is 0 Å². The summed E-state index contributed by atoms with van der Waals surface area (Å²) >= 11 is 0.995. The van der Waals surface area contributed by atoms with E-state index in [1.807, 2.05) is 0 Å². The van der Waals surface area contributed by atoms with Crippen LogP contribution in [0.25, 0.3) is 0 Å². The van der Waals surface area contributed by atoms with Crippen LogP contribution in [0.5, 0.6) is 0 Å². The number of amides is 1. The van der Waals surface area contributed by atoms with Crippen LogP contribution in [0.4, 0.5) is 0 Å². The highest BCUT2D eigenvalue weighted by Crippen LogP contribution is 2.16. The molecule has 112 valence electrons. The van der Waals surface area contributed by atoms with Crippen molar-refractivity contribution < 1.29 is 14.7 Å². The van der Waals surface area contributed by atoms with Crippen molar-refractivity contribution in [1.29, 1.82) is 0 Å². The molecule has 5 nitrogen and oxygen atoms in total. The predicted molar refractivity (Wildman–Crippen MR) is 80.6 cm³/mol.